The Morgan fingerprint density at radius 1 is 1.24 bits per heavy atom. The van der Waals surface area contributed by atoms with Crippen molar-refractivity contribution in [3.8, 4) is 5.88 Å². The van der Waals surface area contributed by atoms with Gasteiger partial charge < -0.3 is 14.4 Å². The molecule has 7 nitrogen and oxygen atoms in total. The average Bonchev–Trinajstić information content (AvgIpc) is 3.11. The van der Waals surface area contributed by atoms with E-state index >= 15 is 0 Å². The third-order valence-electron chi connectivity index (χ3n) is 5.12. The first-order chi connectivity index (χ1) is 12.1. The molecule has 2 aliphatic heterocycles. The normalized spacial score (nSPS) is 22.2. The van der Waals surface area contributed by atoms with Gasteiger partial charge in [0, 0.05) is 25.2 Å². The molecular formula is C18H28N4O3. The van der Waals surface area contributed by atoms with Crippen LogP contribution in [-0.2, 0) is 9.53 Å². The molecule has 3 rings (SSSR count). The fourth-order valence-corrected chi connectivity index (χ4v) is 3.95. The highest BCUT2D eigenvalue weighted by molar-refractivity contribution is 5.76. The highest BCUT2D eigenvalue weighted by Crippen LogP contribution is 2.28. The second-order valence-electron chi connectivity index (χ2n) is 6.68. The van der Waals surface area contributed by atoms with E-state index in [1.54, 1.807) is 0 Å². The summed E-state index contributed by atoms with van der Waals surface area (Å²) >= 11 is 0. The molecule has 0 spiro atoms. The second kappa shape index (κ2) is 7.99. The number of methoxy groups -OCH3 is 1. The number of piperidine rings is 1. The van der Waals surface area contributed by atoms with Crippen molar-refractivity contribution in [2.24, 2.45) is 0 Å². The molecule has 2 aliphatic rings. The standard InChI is InChI=1S/C18H28N4O3/c1-4-25-17-12-16(19-13(2)20-17)21-10-7-14(8-11-21)22-9-5-6-15(22)18(23)24-3/h12,14-15H,4-11H2,1-3H3/t15-/m0/s1. The maximum atomic E-state index is 12.0. The van der Waals surface area contributed by atoms with Crippen LogP contribution in [0.3, 0.4) is 0 Å². The summed E-state index contributed by atoms with van der Waals surface area (Å²) in [6.07, 6.45) is 4.04. The van der Waals surface area contributed by atoms with Crippen LogP contribution in [0.5, 0.6) is 5.88 Å². The van der Waals surface area contributed by atoms with Crippen LogP contribution in [0, 0.1) is 6.92 Å². The number of carbonyl (C=O) groups excluding carboxylic acids is 1. The number of aryl methyl sites for hydroxylation is 1. The highest BCUT2D eigenvalue weighted by Gasteiger charge is 2.37. The minimum atomic E-state index is -0.0901. The summed E-state index contributed by atoms with van der Waals surface area (Å²) in [6.45, 7) is 7.29. The quantitative estimate of drug-likeness (QED) is 0.752. The van der Waals surface area contributed by atoms with E-state index in [2.05, 4.69) is 19.8 Å². The van der Waals surface area contributed by atoms with Gasteiger partial charge in [0.15, 0.2) is 0 Å². The first kappa shape index (κ1) is 17.9. The number of aromatic nitrogens is 2. The van der Waals surface area contributed by atoms with E-state index in [1.807, 2.05) is 19.9 Å². The van der Waals surface area contributed by atoms with Crippen molar-refractivity contribution in [2.45, 2.75) is 51.6 Å². The lowest BCUT2D eigenvalue weighted by Crippen LogP contribution is -2.49. The van der Waals surface area contributed by atoms with E-state index in [4.69, 9.17) is 9.47 Å². The predicted molar refractivity (Wildman–Crippen MR) is 94.9 cm³/mol. The van der Waals surface area contributed by atoms with Gasteiger partial charge in [-0.1, -0.05) is 0 Å². The zero-order valence-electron chi connectivity index (χ0n) is 15.4. The molecule has 7 heteroatoms. The van der Waals surface area contributed by atoms with E-state index in [0.717, 1.165) is 57.0 Å². The number of nitrogens with zero attached hydrogens (tertiary/aromatic N) is 4. The van der Waals surface area contributed by atoms with Gasteiger partial charge in [0.1, 0.15) is 17.7 Å². The van der Waals surface area contributed by atoms with Crippen molar-refractivity contribution in [3.63, 3.8) is 0 Å². The molecular weight excluding hydrogens is 320 g/mol. The Bertz CT molecular complexity index is 602. The molecule has 0 unspecified atom stereocenters. The van der Waals surface area contributed by atoms with E-state index in [-0.39, 0.29) is 12.0 Å². The number of carbonyl (C=O) groups is 1. The summed E-state index contributed by atoms with van der Waals surface area (Å²) in [4.78, 5) is 25.5. The van der Waals surface area contributed by atoms with Gasteiger partial charge in [-0.15, -0.1) is 0 Å². The van der Waals surface area contributed by atoms with Gasteiger partial charge in [-0.05, 0) is 46.1 Å². The number of hydrogen-bond acceptors (Lipinski definition) is 7. The molecule has 3 heterocycles. The number of ether oxygens (including phenoxy) is 2. The Morgan fingerprint density at radius 3 is 2.68 bits per heavy atom. The number of anilines is 1. The minimum Gasteiger partial charge on any atom is -0.478 e. The SMILES string of the molecule is CCOc1cc(N2CCC(N3CCC[C@H]3C(=O)OC)CC2)nc(C)n1. The monoisotopic (exact) mass is 348 g/mol. The fraction of sp³-hybridized carbons (Fsp3) is 0.722. The van der Waals surface area contributed by atoms with Gasteiger partial charge in [-0.25, -0.2) is 4.98 Å². The molecule has 1 aromatic heterocycles. The van der Waals surface area contributed by atoms with Crippen molar-refractivity contribution < 1.29 is 14.3 Å². The van der Waals surface area contributed by atoms with Crippen LogP contribution >= 0.6 is 0 Å². The molecule has 138 valence electrons. The minimum absolute atomic E-state index is 0.0626. The van der Waals surface area contributed by atoms with Gasteiger partial charge >= 0.3 is 5.97 Å². The maximum absolute atomic E-state index is 12.0. The van der Waals surface area contributed by atoms with E-state index < -0.39 is 0 Å². The summed E-state index contributed by atoms with van der Waals surface area (Å²) in [5, 5.41) is 0. The van der Waals surface area contributed by atoms with Crippen LogP contribution in [0.25, 0.3) is 0 Å². The Hall–Kier alpha value is -1.89. The smallest absolute Gasteiger partial charge is 0.323 e. The van der Waals surface area contributed by atoms with E-state index in [1.165, 1.54) is 7.11 Å². The van der Waals surface area contributed by atoms with Crippen LogP contribution in [0.1, 0.15) is 38.4 Å². The Morgan fingerprint density at radius 2 is 2.00 bits per heavy atom. The largest absolute Gasteiger partial charge is 0.478 e. The molecule has 0 aromatic carbocycles. The number of esters is 1. The summed E-state index contributed by atoms with van der Waals surface area (Å²) in [6, 6.07) is 2.30. The number of hydrogen-bond donors (Lipinski definition) is 0. The van der Waals surface area contributed by atoms with Crippen molar-refractivity contribution in [1.82, 2.24) is 14.9 Å². The lowest BCUT2D eigenvalue weighted by atomic mass is 10.0. The Labute approximate surface area is 149 Å². The summed E-state index contributed by atoms with van der Waals surface area (Å²) in [5.74, 6) is 2.21. The molecule has 0 bridgehead atoms. The molecule has 1 atom stereocenters. The summed E-state index contributed by atoms with van der Waals surface area (Å²) in [5.41, 5.74) is 0. The van der Waals surface area contributed by atoms with Crippen LogP contribution in [0.15, 0.2) is 6.07 Å². The van der Waals surface area contributed by atoms with Gasteiger partial charge in [-0.3, -0.25) is 9.69 Å². The lowest BCUT2D eigenvalue weighted by molar-refractivity contribution is -0.146. The summed E-state index contributed by atoms with van der Waals surface area (Å²) in [7, 11) is 1.48. The van der Waals surface area contributed by atoms with Gasteiger partial charge in [0.25, 0.3) is 0 Å². The first-order valence-corrected chi connectivity index (χ1v) is 9.19. The van der Waals surface area contributed by atoms with Crippen LogP contribution in [0.4, 0.5) is 5.82 Å². The Balaban J connectivity index is 1.63. The maximum Gasteiger partial charge on any atom is 0.323 e. The molecule has 0 saturated carbocycles. The predicted octanol–water partition coefficient (Wildman–Crippen LogP) is 1.79. The topological polar surface area (TPSA) is 67.8 Å². The number of rotatable bonds is 5. The van der Waals surface area contributed by atoms with Crippen LogP contribution in [0.2, 0.25) is 0 Å². The van der Waals surface area contributed by atoms with Crippen molar-refractivity contribution >= 4 is 11.8 Å². The van der Waals surface area contributed by atoms with Crippen molar-refractivity contribution in [3.05, 3.63) is 11.9 Å². The van der Waals surface area contributed by atoms with Crippen molar-refractivity contribution in [1.29, 1.82) is 0 Å². The zero-order valence-corrected chi connectivity index (χ0v) is 15.4. The Kier molecular flexibility index (Phi) is 5.73. The molecule has 2 fully saturated rings. The zero-order chi connectivity index (χ0) is 17.8. The first-order valence-electron chi connectivity index (χ1n) is 9.19. The van der Waals surface area contributed by atoms with Gasteiger partial charge in [0.05, 0.1) is 13.7 Å². The highest BCUT2D eigenvalue weighted by atomic mass is 16.5. The van der Waals surface area contributed by atoms with Crippen LogP contribution in [-0.4, -0.2) is 66.3 Å². The summed E-state index contributed by atoms with van der Waals surface area (Å²) < 4.78 is 10.5. The van der Waals surface area contributed by atoms with Crippen LogP contribution < -0.4 is 9.64 Å². The third kappa shape index (κ3) is 4.03. The molecule has 0 aliphatic carbocycles. The number of likely N-dealkylation sites (tertiary alicyclic amines) is 1. The second-order valence-corrected chi connectivity index (χ2v) is 6.68. The van der Waals surface area contributed by atoms with Gasteiger partial charge in [0.2, 0.25) is 5.88 Å². The molecule has 1 aromatic rings. The van der Waals surface area contributed by atoms with E-state index in [9.17, 15) is 4.79 Å². The lowest BCUT2D eigenvalue weighted by Gasteiger charge is -2.39. The molecule has 2 saturated heterocycles. The molecule has 0 N–H and O–H groups in total. The van der Waals surface area contributed by atoms with Gasteiger partial charge in [-0.2, -0.15) is 4.98 Å². The molecule has 0 radical (unpaired) electrons. The third-order valence-corrected chi connectivity index (χ3v) is 5.12. The fourth-order valence-electron chi connectivity index (χ4n) is 3.95. The van der Waals surface area contributed by atoms with Crippen molar-refractivity contribution in [2.75, 3.05) is 38.3 Å². The average molecular weight is 348 g/mol. The van der Waals surface area contributed by atoms with E-state index in [0.29, 0.717) is 18.5 Å². The molecule has 25 heavy (non-hydrogen) atoms. The molecule has 0 amide bonds.